The number of hydrogen-bond acceptors (Lipinski definition) is 3. The number of nitrogens with one attached hydrogen (secondary N) is 2. The standard InChI is InChI=1S/C23H21N3O2/c1-15-11-16(2)13-17(12-15)28-14-22(27)24-19-8-4-3-7-18(19)23-25-20-9-5-6-10-21(20)26-23/h3-13H,14H2,1-2H3,(H,24,27)(H,25,26). The van der Waals surface area contributed by atoms with Crippen molar-refractivity contribution in [2.75, 3.05) is 11.9 Å². The van der Waals surface area contributed by atoms with Gasteiger partial charge in [0.05, 0.1) is 16.7 Å². The van der Waals surface area contributed by atoms with Gasteiger partial charge in [-0.3, -0.25) is 4.79 Å². The number of aromatic amines is 1. The highest BCUT2D eigenvalue weighted by Gasteiger charge is 2.12. The Labute approximate surface area is 163 Å². The minimum atomic E-state index is -0.220. The SMILES string of the molecule is Cc1cc(C)cc(OCC(=O)Nc2ccccc2-c2nc3ccccc3[nH]2)c1. The van der Waals surface area contributed by atoms with Crippen LogP contribution in [0.2, 0.25) is 0 Å². The van der Waals surface area contributed by atoms with E-state index in [0.29, 0.717) is 17.3 Å². The smallest absolute Gasteiger partial charge is 0.262 e. The second kappa shape index (κ2) is 7.56. The summed E-state index contributed by atoms with van der Waals surface area (Å²) >= 11 is 0. The molecule has 0 fully saturated rings. The summed E-state index contributed by atoms with van der Waals surface area (Å²) < 4.78 is 5.66. The molecule has 28 heavy (non-hydrogen) atoms. The van der Waals surface area contributed by atoms with E-state index in [1.807, 2.05) is 74.5 Å². The first-order chi connectivity index (χ1) is 13.6. The van der Waals surface area contributed by atoms with E-state index < -0.39 is 0 Å². The first kappa shape index (κ1) is 17.8. The Hall–Kier alpha value is -3.60. The molecule has 0 bridgehead atoms. The van der Waals surface area contributed by atoms with E-state index in [2.05, 4.69) is 21.4 Å². The molecular weight excluding hydrogens is 350 g/mol. The number of carbonyl (C=O) groups excluding carboxylic acids is 1. The average Bonchev–Trinajstić information content (AvgIpc) is 3.10. The molecule has 5 heteroatoms. The van der Waals surface area contributed by atoms with Gasteiger partial charge in [0, 0.05) is 5.56 Å². The fraction of sp³-hybridized carbons (Fsp3) is 0.130. The number of benzene rings is 3. The van der Waals surface area contributed by atoms with Crippen molar-refractivity contribution in [2.45, 2.75) is 13.8 Å². The molecule has 0 aliphatic carbocycles. The Morgan fingerprint density at radius 1 is 1.00 bits per heavy atom. The van der Waals surface area contributed by atoms with Crippen molar-refractivity contribution < 1.29 is 9.53 Å². The van der Waals surface area contributed by atoms with Crippen LogP contribution in [0, 0.1) is 13.8 Å². The van der Waals surface area contributed by atoms with Crippen molar-refractivity contribution in [3.63, 3.8) is 0 Å². The van der Waals surface area contributed by atoms with Crippen LogP contribution in [0.15, 0.2) is 66.7 Å². The molecule has 5 nitrogen and oxygen atoms in total. The lowest BCUT2D eigenvalue weighted by Gasteiger charge is -2.11. The van der Waals surface area contributed by atoms with E-state index in [4.69, 9.17) is 4.74 Å². The van der Waals surface area contributed by atoms with Crippen LogP contribution in [0.25, 0.3) is 22.4 Å². The molecule has 0 saturated carbocycles. The molecule has 0 unspecified atom stereocenters. The third-order valence-corrected chi connectivity index (χ3v) is 4.41. The highest BCUT2D eigenvalue weighted by molar-refractivity contribution is 5.96. The predicted molar refractivity (Wildman–Crippen MR) is 112 cm³/mol. The van der Waals surface area contributed by atoms with Gasteiger partial charge in [-0.1, -0.05) is 30.3 Å². The van der Waals surface area contributed by atoms with Crippen LogP contribution in [0.4, 0.5) is 5.69 Å². The van der Waals surface area contributed by atoms with Crippen LogP contribution in [-0.2, 0) is 4.79 Å². The Morgan fingerprint density at radius 3 is 2.50 bits per heavy atom. The van der Waals surface area contributed by atoms with Gasteiger partial charge in [-0.2, -0.15) is 0 Å². The van der Waals surface area contributed by atoms with Crippen molar-refractivity contribution >= 4 is 22.6 Å². The highest BCUT2D eigenvalue weighted by Crippen LogP contribution is 2.27. The van der Waals surface area contributed by atoms with E-state index in [9.17, 15) is 4.79 Å². The summed E-state index contributed by atoms with van der Waals surface area (Å²) in [6.07, 6.45) is 0. The first-order valence-corrected chi connectivity index (χ1v) is 9.13. The molecule has 4 rings (SSSR count). The van der Waals surface area contributed by atoms with Crippen molar-refractivity contribution in [2.24, 2.45) is 0 Å². The second-order valence-corrected chi connectivity index (χ2v) is 6.81. The zero-order valence-electron chi connectivity index (χ0n) is 15.8. The number of hydrogen-bond donors (Lipinski definition) is 2. The molecule has 4 aromatic rings. The molecule has 0 aliphatic heterocycles. The predicted octanol–water partition coefficient (Wildman–Crippen LogP) is 4.86. The Bertz CT molecular complexity index is 1090. The van der Waals surface area contributed by atoms with Gasteiger partial charge in [0.15, 0.2) is 6.61 Å². The normalized spacial score (nSPS) is 10.8. The summed E-state index contributed by atoms with van der Waals surface area (Å²) in [4.78, 5) is 20.4. The molecule has 3 aromatic carbocycles. The average molecular weight is 371 g/mol. The topological polar surface area (TPSA) is 67.0 Å². The lowest BCUT2D eigenvalue weighted by molar-refractivity contribution is -0.118. The zero-order valence-corrected chi connectivity index (χ0v) is 15.8. The maximum atomic E-state index is 12.4. The number of carbonyl (C=O) groups is 1. The molecule has 0 spiro atoms. The second-order valence-electron chi connectivity index (χ2n) is 6.81. The van der Waals surface area contributed by atoms with Gasteiger partial charge >= 0.3 is 0 Å². The van der Waals surface area contributed by atoms with E-state index in [-0.39, 0.29) is 12.5 Å². The Kier molecular flexibility index (Phi) is 4.81. The number of H-pyrrole nitrogens is 1. The largest absolute Gasteiger partial charge is 0.484 e. The lowest BCUT2D eigenvalue weighted by atomic mass is 10.1. The highest BCUT2D eigenvalue weighted by atomic mass is 16.5. The van der Waals surface area contributed by atoms with Crippen LogP contribution in [0.3, 0.4) is 0 Å². The van der Waals surface area contributed by atoms with Crippen molar-refractivity contribution in [1.82, 2.24) is 9.97 Å². The molecule has 0 aliphatic rings. The number of rotatable bonds is 5. The maximum Gasteiger partial charge on any atom is 0.262 e. The summed E-state index contributed by atoms with van der Waals surface area (Å²) in [6, 6.07) is 21.3. The van der Waals surface area contributed by atoms with Gasteiger partial charge in [0.25, 0.3) is 5.91 Å². The maximum absolute atomic E-state index is 12.4. The Balaban J connectivity index is 1.51. The molecule has 0 atom stereocenters. The van der Waals surface area contributed by atoms with E-state index in [1.165, 1.54) is 0 Å². The molecule has 1 amide bonds. The van der Waals surface area contributed by atoms with Gasteiger partial charge in [0.2, 0.25) is 0 Å². The summed E-state index contributed by atoms with van der Waals surface area (Å²) in [5.41, 5.74) is 5.57. The summed E-state index contributed by atoms with van der Waals surface area (Å²) in [7, 11) is 0. The van der Waals surface area contributed by atoms with E-state index in [1.54, 1.807) is 0 Å². The van der Waals surface area contributed by atoms with Crippen LogP contribution in [0.1, 0.15) is 11.1 Å². The number of nitrogens with zero attached hydrogens (tertiary/aromatic N) is 1. The van der Waals surface area contributed by atoms with E-state index in [0.717, 1.165) is 27.7 Å². The molecule has 0 saturated heterocycles. The number of anilines is 1. The quantitative estimate of drug-likeness (QED) is 0.526. The molecule has 140 valence electrons. The van der Waals surface area contributed by atoms with Crippen molar-refractivity contribution in [1.29, 1.82) is 0 Å². The number of para-hydroxylation sites is 3. The third-order valence-electron chi connectivity index (χ3n) is 4.41. The first-order valence-electron chi connectivity index (χ1n) is 9.13. The Morgan fingerprint density at radius 2 is 1.71 bits per heavy atom. The van der Waals surface area contributed by atoms with Crippen LogP contribution >= 0.6 is 0 Å². The minimum absolute atomic E-state index is 0.0582. The molecule has 0 radical (unpaired) electrons. The van der Waals surface area contributed by atoms with Gasteiger partial charge in [-0.25, -0.2) is 4.98 Å². The molecular formula is C23H21N3O2. The van der Waals surface area contributed by atoms with Gasteiger partial charge in [0.1, 0.15) is 11.6 Å². The van der Waals surface area contributed by atoms with E-state index >= 15 is 0 Å². The van der Waals surface area contributed by atoms with Crippen molar-refractivity contribution in [3.05, 3.63) is 77.9 Å². The van der Waals surface area contributed by atoms with Crippen molar-refractivity contribution in [3.8, 4) is 17.1 Å². The fourth-order valence-electron chi connectivity index (χ4n) is 3.23. The third kappa shape index (κ3) is 3.88. The number of amides is 1. The number of imidazole rings is 1. The van der Waals surface area contributed by atoms with Crippen LogP contribution < -0.4 is 10.1 Å². The fourth-order valence-corrected chi connectivity index (χ4v) is 3.23. The number of ether oxygens (including phenoxy) is 1. The summed E-state index contributed by atoms with van der Waals surface area (Å²) in [6.45, 7) is 3.95. The van der Waals surface area contributed by atoms with Gasteiger partial charge < -0.3 is 15.0 Å². The van der Waals surface area contributed by atoms with Gasteiger partial charge in [-0.15, -0.1) is 0 Å². The zero-order chi connectivity index (χ0) is 19.5. The van der Waals surface area contributed by atoms with Crippen LogP contribution in [-0.4, -0.2) is 22.5 Å². The number of aromatic nitrogens is 2. The lowest BCUT2D eigenvalue weighted by Crippen LogP contribution is -2.20. The van der Waals surface area contributed by atoms with Crippen LogP contribution in [0.5, 0.6) is 5.75 Å². The summed E-state index contributed by atoms with van der Waals surface area (Å²) in [5, 5.41) is 2.93. The number of fused-ring (bicyclic) bond motifs is 1. The number of aryl methyl sites for hydroxylation is 2. The monoisotopic (exact) mass is 371 g/mol. The minimum Gasteiger partial charge on any atom is -0.484 e. The van der Waals surface area contributed by atoms with Gasteiger partial charge in [-0.05, 0) is 61.4 Å². The molecule has 2 N–H and O–H groups in total. The molecule has 1 aromatic heterocycles. The summed E-state index contributed by atoms with van der Waals surface area (Å²) in [5.74, 6) is 1.19. The molecule has 1 heterocycles.